The van der Waals surface area contributed by atoms with Crippen molar-refractivity contribution in [1.29, 1.82) is 0 Å². The summed E-state index contributed by atoms with van der Waals surface area (Å²) >= 11 is 6.41. The zero-order valence-electron chi connectivity index (χ0n) is 16.6. The van der Waals surface area contributed by atoms with Crippen LogP contribution in [0.1, 0.15) is 40.2 Å². The molecule has 2 aromatic carbocycles. The molecule has 1 atom stereocenters. The second kappa shape index (κ2) is 8.76. The molecule has 1 aliphatic heterocycles. The van der Waals surface area contributed by atoms with Gasteiger partial charge in [0, 0.05) is 23.0 Å². The van der Waals surface area contributed by atoms with E-state index >= 15 is 0 Å². The minimum absolute atomic E-state index is 0.297. The van der Waals surface area contributed by atoms with Crippen molar-refractivity contribution in [2.24, 2.45) is 0 Å². The van der Waals surface area contributed by atoms with Gasteiger partial charge in [-0.25, -0.2) is 4.79 Å². The number of hydrogen-bond acceptors (Lipinski definition) is 4. The number of benzene rings is 2. The van der Waals surface area contributed by atoms with Crippen LogP contribution in [0.15, 0.2) is 54.9 Å². The minimum Gasteiger partial charge on any atom is -0.497 e. The number of methoxy groups -OCH3 is 1. The minimum atomic E-state index is -0.917. The van der Waals surface area contributed by atoms with Crippen molar-refractivity contribution in [1.82, 2.24) is 4.98 Å². The first-order chi connectivity index (χ1) is 14.6. The summed E-state index contributed by atoms with van der Waals surface area (Å²) in [7, 11) is 1.63. The molecule has 0 fully saturated rings. The molecule has 0 radical (unpaired) electrons. The summed E-state index contributed by atoms with van der Waals surface area (Å²) in [5.74, 6) is 0.980. The van der Waals surface area contributed by atoms with Crippen LogP contribution in [0.25, 0.3) is 11.1 Å². The highest BCUT2D eigenvalue weighted by molar-refractivity contribution is 6.33. The lowest BCUT2D eigenvalue weighted by molar-refractivity contribution is 0.0695. The van der Waals surface area contributed by atoms with Gasteiger partial charge < -0.3 is 14.6 Å². The fraction of sp³-hybridized carbons (Fsp3) is 0.250. The normalized spacial score (nSPS) is 15.2. The van der Waals surface area contributed by atoms with E-state index < -0.39 is 5.97 Å². The number of carboxylic acid groups (broad SMARTS) is 1. The van der Waals surface area contributed by atoms with Crippen molar-refractivity contribution in [3.8, 4) is 22.6 Å². The zero-order valence-corrected chi connectivity index (χ0v) is 17.4. The Bertz CT molecular complexity index is 1080. The number of nitrogens with zero attached hydrogens (tertiary/aromatic N) is 1. The number of pyridine rings is 1. The molecule has 6 heteroatoms. The third-order valence-corrected chi connectivity index (χ3v) is 5.89. The van der Waals surface area contributed by atoms with E-state index in [1.165, 1.54) is 6.20 Å². The van der Waals surface area contributed by atoms with E-state index in [9.17, 15) is 9.90 Å². The predicted molar refractivity (Wildman–Crippen MR) is 116 cm³/mol. The Labute approximate surface area is 180 Å². The highest BCUT2D eigenvalue weighted by atomic mass is 35.5. The molecular weight excluding hydrogens is 402 g/mol. The maximum Gasteiger partial charge on any atom is 0.336 e. The van der Waals surface area contributed by atoms with Gasteiger partial charge in [0.1, 0.15) is 11.5 Å². The number of halogens is 1. The number of carbonyl (C=O) groups is 1. The summed E-state index contributed by atoms with van der Waals surface area (Å²) in [5, 5.41) is 10.0. The molecule has 3 aromatic rings. The lowest BCUT2D eigenvalue weighted by Crippen LogP contribution is -2.15. The first kappa shape index (κ1) is 20.2. The molecule has 154 valence electrons. The quantitative estimate of drug-likeness (QED) is 0.558. The van der Waals surface area contributed by atoms with Gasteiger partial charge in [-0.05, 0) is 72.2 Å². The molecule has 1 unspecified atom stereocenters. The molecule has 1 aromatic heterocycles. The van der Waals surface area contributed by atoms with Crippen LogP contribution in [0.5, 0.6) is 11.5 Å². The number of rotatable bonds is 6. The Morgan fingerprint density at radius 3 is 2.93 bits per heavy atom. The van der Waals surface area contributed by atoms with Gasteiger partial charge in [-0.1, -0.05) is 23.7 Å². The van der Waals surface area contributed by atoms with Gasteiger partial charge in [-0.3, -0.25) is 4.98 Å². The first-order valence-electron chi connectivity index (χ1n) is 9.83. The summed E-state index contributed by atoms with van der Waals surface area (Å²) in [6, 6.07) is 13.3. The van der Waals surface area contributed by atoms with Gasteiger partial charge in [0.2, 0.25) is 0 Å². The lowest BCUT2D eigenvalue weighted by Gasteiger charge is -2.27. The van der Waals surface area contributed by atoms with Gasteiger partial charge in [-0.2, -0.15) is 0 Å². The van der Waals surface area contributed by atoms with Crippen LogP contribution >= 0.6 is 11.6 Å². The molecule has 2 heterocycles. The van der Waals surface area contributed by atoms with Gasteiger partial charge in [0.15, 0.2) is 0 Å². The second-order valence-electron chi connectivity index (χ2n) is 7.31. The number of fused-ring (bicyclic) bond motifs is 1. The van der Waals surface area contributed by atoms with Crippen molar-refractivity contribution in [2.75, 3.05) is 13.7 Å². The Kier molecular flexibility index (Phi) is 5.91. The van der Waals surface area contributed by atoms with E-state index in [1.807, 2.05) is 30.3 Å². The number of aromatic carboxylic acids is 1. The molecule has 1 N–H and O–H groups in total. The molecule has 30 heavy (non-hydrogen) atoms. The van der Waals surface area contributed by atoms with Gasteiger partial charge in [0.05, 0.1) is 19.3 Å². The van der Waals surface area contributed by atoms with Crippen molar-refractivity contribution >= 4 is 17.6 Å². The molecule has 0 bridgehead atoms. The fourth-order valence-electron chi connectivity index (χ4n) is 3.95. The Morgan fingerprint density at radius 2 is 2.13 bits per heavy atom. The highest BCUT2D eigenvalue weighted by Crippen LogP contribution is 2.40. The molecule has 1 aliphatic rings. The Hall–Kier alpha value is -3.05. The number of ether oxygens (including phenoxy) is 2. The maximum absolute atomic E-state index is 11.4. The standard InChI is InChI=1S/C24H22ClNO4/c1-29-18-5-7-22(25)21(13-18)16-4-6-19-15(9-11-30-23(19)12-16)2-3-17-14-26-10-8-20(17)24(27)28/h4-8,10,12-15H,2-3,9,11H2,1H3,(H,27,28). The van der Waals surface area contributed by atoms with Crippen molar-refractivity contribution in [3.63, 3.8) is 0 Å². The molecule has 0 amide bonds. The van der Waals surface area contributed by atoms with Crippen LogP contribution < -0.4 is 9.47 Å². The summed E-state index contributed by atoms with van der Waals surface area (Å²) in [6.45, 7) is 0.631. The summed E-state index contributed by atoms with van der Waals surface area (Å²) < 4.78 is 11.3. The monoisotopic (exact) mass is 423 g/mol. The summed E-state index contributed by atoms with van der Waals surface area (Å²) in [6.07, 6.45) is 5.55. The Balaban J connectivity index is 1.58. The van der Waals surface area contributed by atoms with E-state index in [0.29, 0.717) is 29.5 Å². The van der Waals surface area contributed by atoms with Crippen molar-refractivity contribution in [3.05, 3.63) is 76.6 Å². The van der Waals surface area contributed by atoms with Crippen LogP contribution in [0, 0.1) is 0 Å². The third kappa shape index (κ3) is 4.12. The average Bonchev–Trinajstić information content (AvgIpc) is 2.77. The summed E-state index contributed by atoms with van der Waals surface area (Å²) in [4.78, 5) is 15.5. The molecular formula is C24H22ClNO4. The second-order valence-corrected chi connectivity index (χ2v) is 7.72. The van der Waals surface area contributed by atoms with Gasteiger partial charge >= 0.3 is 5.97 Å². The first-order valence-corrected chi connectivity index (χ1v) is 10.2. The fourth-order valence-corrected chi connectivity index (χ4v) is 4.17. The van der Waals surface area contributed by atoms with Crippen LogP contribution in [0.2, 0.25) is 5.02 Å². The van der Waals surface area contributed by atoms with Crippen molar-refractivity contribution < 1.29 is 19.4 Å². The lowest BCUT2D eigenvalue weighted by atomic mass is 9.86. The SMILES string of the molecule is COc1ccc(Cl)c(-c2ccc3c(c2)OCCC3CCc2cnccc2C(=O)O)c1. The molecule has 0 aliphatic carbocycles. The molecule has 0 saturated heterocycles. The van der Waals surface area contributed by atoms with Crippen LogP contribution in [0.3, 0.4) is 0 Å². The molecule has 4 rings (SSSR count). The van der Waals surface area contributed by atoms with E-state index in [4.69, 9.17) is 21.1 Å². The maximum atomic E-state index is 11.4. The topological polar surface area (TPSA) is 68.7 Å². The largest absolute Gasteiger partial charge is 0.497 e. The molecule has 0 saturated carbocycles. The Morgan fingerprint density at radius 1 is 1.27 bits per heavy atom. The number of aryl methyl sites for hydroxylation is 1. The van der Waals surface area contributed by atoms with Gasteiger partial charge in [0.25, 0.3) is 0 Å². The predicted octanol–water partition coefficient (Wildman–Crippen LogP) is 5.61. The van der Waals surface area contributed by atoms with E-state index in [2.05, 4.69) is 11.1 Å². The van der Waals surface area contributed by atoms with E-state index in [-0.39, 0.29) is 0 Å². The summed E-state index contributed by atoms with van der Waals surface area (Å²) in [5.41, 5.74) is 4.09. The zero-order chi connectivity index (χ0) is 21.1. The average molecular weight is 424 g/mol. The van der Waals surface area contributed by atoms with E-state index in [1.54, 1.807) is 19.4 Å². The number of aromatic nitrogens is 1. The van der Waals surface area contributed by atoms with Gasteiger partial charge in [-0.15, -0.1) is 0 Å². The number of carboxylic acids is 1. The smallest absolute Gasteiger partial charge is 0.336 e. The number of hydrogen-bond donors (Lipinski definition) is 1. The highest BCUT2D eigenvalue weighted by Gasteiger charge is 2.23. The van der Waals surface area contributed by atoms with E-state index in [0.717, 1.165) is 46.6 Å². The third-order valence-electron chi connectivity index (χ3n) is 5.56. The van der Waals surface area contributed by atoms with Crippen molar-refractivity contribution in [2.45, 2.75) is 25.2 Å². The van der Waals surface area contributed by atoms with Crippen LogP contribution in [-0.4, -0.2) is 29.8 Å². The molecule has 0 spiro atoms. The van der Waals surface area contributed by atoms with Crippen LogP contribution in [0.4, 0.5) is 0 Å². The molecule has 5 nitrogen and oxygen atoms in total. The van der Waals surface area contributed by atoms with Crippen LogP contribution in [-0.2, 0) is 6.42 Å².